The molecule has 1 fully saturated rings. The van der Waals surface area contributed by atoms with Crippen molar-refractivity contribution in [2.24, 2.45) is 0 Å². The van der Waals surface area contributed by atoms with E-state index in [0.29, 0.717) is 29.5 Å². The number of hydrogen-bond donors (Lipinski definition) is 1. The van der Waals surface area contributed by atoms with E-state index in [1.54, 1.807) is 11.1 Å². The van der Waals surface area contributed by atoms with Gasteiger partial charge in [0.05, 0.1) is 29.1 Å². The fourth-order valence-electron chi connectivity index (χ4n) is 4.58. The van der Waals surface area contributed by atoms with Crippen molar-refractivity contribution >= 4 is 35.7 Å². The van der Waals surface area contributed by atoms with Crippen molar-refractivity contribution < 1.29 is 23.6 Å². The first-order valence-electron chi connectivity index (χ1n) is 12.1. The van der Waals surface area contributed by atoms with E-state index >= 15 is 0 Å². The van der Waals surface area contributed by atoms with Gasteiger partial charge in [-0.1, -0.05) is 24.3 Å². The molecule has 3 aliphatic heterocycles. The molecule has 4 heterocycles. The number of carbonyl (C=O) groups is 1. The van der Waals surface area contributed by atoms with E-state index in [1.807, 2.05) is 82.3 Å². The molecule has 1 saturated heterocycles. The molecule has 1 N–H and O–H groups in total. The highest BCUT2D eigenvalue weighted by Crippen LogP contribution is 2.39. The third kappa shape index (κ3) is 3.79. The average Bonchev–Trinajstić information content (AvgIpc) is 3.00. The van der Waals surface area contributed by atoms with Gasteiger partial charge in [-0.25, -0.2) is 4.98 Å². The van der Waals surface area contributed by atoms with Crippen LogP contribution in [0.5, 0.6) is 11.5 Å². The van der Waals surface area contributed by atoms with Crippen molar-refractivity contribution in [1.29, 1.82) is 0 Å². The van der Waals surface area contributed by atoms with Crippen LogP contribution in [-0.4, -0.2) is 41.9 Å². The van der Waals surface area contributed by atoms with E-state index in [9.17, 15) is 4.79 Å². The van der Waals surface area contributed by atoms with Crippen LogP contribution >= 0.6 is 0 Å². The number of hydrogen-bond acceptors (Lipinski definition) is 7. The summed E-state index contributed by atoms with van der Waals surface area (Å²) in [6.07, 6.45) is 0.947. The minimum Gasteiger partial charge on any atom is -0.485 e. The third-order valence-electron chi connectivity index (χ3n) is 7.36. The van der Waals surface area contributed by atoms with Crippen LogP contribution in [0.2, 0.25) is 0 Å². The topological polar surface area (TPSA) is 82.2 Å². The van der Waals surface area contributed by atoms with Crippen LogP contribution in [0.15, 0.2) is 60.8 Å². The molecular weight excluding hydrogens is 457 g/mol. The molecule has 0 spiro atoms. The SMILES string of the molecule is CC1(C)OB(c2ccc3c(c2)N(C(=O)[C@H]2COc4ccccc4O2)Cc2cccnc2N3)OC1(C)C. The maximum atomic E-state index is 13.9. The summed E-state index contributed by atoms with van der Waals surface area (Å²) in [5.41, 5.74) is 2.25. The summed E-state index contributed by atoms with van der Waals surface area (Å²) in [5.74, 6) is 1.71. The quantitative estimate of drug-likeness (QED) is 0.553. The number of anilines is 3. The second kappa shape index (κ2) is 8.25. The van der Waals surface area contributed by atoms with Crippen LogP contribution in [0, 0.1) is 0 Å². The molecular formula is C27H28BN3O5. The number of nitrogens with zero attached hydrogens (tertiary/aromatic N) is 2. The van der Waals surface area contributed by atoms with Gasteiger partial charge >= 0.3 is 7.12 Å². The van der Waals surface area contributed by atoms with Gasteiger partial charge in [-0.3, -0.25) is 4.79 Å². The van der Waals surface area contributed by atoms with E-state index in [0.717, 1.165) is 16.7 Å². The number of aromatic nitrogens is 1. The molecule has 8 nitrogen and oxygen atoms in total. The lowest BCUT2D eigenvalue weighted by Gasteiger charge is -2.32. The lowest BCUT2D eigenvalue weighted by molar-refractivity contribution is -0.127. The molecule has 1 amide bonds. The molecule has 3 aromatic rings. The number of rotatable bonds is 2. The fraction of sp³-hybridized carbons (Fsp3) is 0.333. The Bertz CT molecular complexity index is 1330. The number of nitrogens with one attached hydrogen (secondary N) is 1. The lowest BCUT2D eigenvalue weighted by atomic mass is 9.78. The second-order valence-electron chi connectivity index (χ2n) is 10.3. The zero-order chi connectivity index (χ0) is 25.1. The van der Waals surface area contributed by atoms with Crippen molar-refractivity contribution in [3.8, 4) is 11.5 Å². The number of para-hydroxylation sites is 2. The van der Waals surface area contributed by atoms with Crippen LogP contribution in [0.4, 0.5) is 17.2 Å². The molecule has 3 aliphatic rings. The van der Waals surface area contributed by atoms with Crippen molar-refractivity contribution in [2.75, 3.05) is 16.8 Å². The summed E-state index contributed by atoms with van der Waals surface area (Å²) in [7, 11) is -0.554. The number of carbonyl (C=O) groups excluding carboxylic acids is 1. The van der Waals surface area contributed by atoms with Crippen LogP contribution < -0.4 is 25.2 Å². The Labute approximate surface area is 210 Å². The van der Waals surface area contributed by atoms with Crippen molar-refractivity contribution in [2.45, 2.75) is 51.5 Å². The Hall–Kier alpha value is -3.56. The van der Waals surface area contributed by atoms with Crippen LogP contribution in [0.1, 0.15) is 33.3 Å². The van der Waals surface area contributed by atoms with Gasteiger partial charge in [0.15, 0.2) is 11.5 Å². The zero-order valence-electron chi connectivity index (χ0n) is 20.8. The predicted octanol–water partition coefficient (Wildman–Crippen LogP) is 3.81. The summed E-state index contributed by atoms with van der Waals surface area (Å²) in [4.78, 5) is 20.2. The summed E-state index contributed by atoms with van der Waals surface area (Å²) in [6, 6.07) is 17.1. The Kier molecular flexibility index (Phi) is 5.24. The molecule has 0 saturated carbocycles. The molecule has 0 aliphatic carbocycles. The highest BCUT2D eigenvalue weighted by molar-refractivity contribution is 6.62. The van der Waals surface area contributed by atoms with Gasteiger partial charge in [0.25, 0.3) is 5.91 Å². The van der Waals surface area contributed by atoms with Crippen molar-refractivity contribution in [1.82, 2.24) is 4.98 Å². The maximum Gasteiger partial charge on any atom is 0.494 e. The number of ether oxygens (including phenoxy) is 2. The highest BCUT2D eigenvalue weighted by Gasteiger charge is 2.52. The Balaban J connectivity index is 1.38. The standard InChI is InChI=1S/C27H28BN3O5/c1-26(2)27(3,4)36-28(35-26)18-11-12-19-20(14-18)31(15-17-8-7-13-29-24(17)30-19)25(32)23-16-33-21-9-5-6-10-22(21)34-23/h5-14,23H,15-16H2,1-4H3,(H,29,30)/t23-/m1/s1. The molecule has 9 heteroatoms. The first-order valence-corrected chi connectivity index (χ1v) is 12.1. The van der Waals surface area contributed by atoms with Gasteiger partial charge in [0.1, 0.15) is 12.4 Å². The highest BCUT2D eigenvalue weighted by atomic mass is 16.7. The molecule has 0 bridgehead atoms. The lowest BCUT2D eigenvalue weighted by Crippen LogP contribution is -2.46. The molecule has 0 unspecified atom stereocenters. The monoisotopic (exact) mass is 485 g/mol. The molecule has 1 aromatic heterocycles. The third-order valence-corrected chi connectivity index (χ3v) is 7.36. The summed E-state index contributed by atoms with van der Waals surface area (Å²) < 4.78 is 24.5. The Morgan fingerprint density at radius 2 is 1.78 bits per heavy atom. The number of amides is 1. The summed E-state index contributed by atoms with van der Waals surface area (Å²) >= 11 is 0. The van der Waals surface area contributed by atoms with Gasteiger partial charge in [0.2, 0.25) is 6.10 Å². The van der Waals surface area contributed by atoms with Crippen molar-refractivity contribution in [3.63, 3.8) is 0 Å². The van der Waals surface area contributed by atoms with Gasteiger partial charge in [0, 0.05) is 11.8 Å². The first-order chi connectivity index (χ1) is 17.2. The summed E-state index contributed by atoms with van der Waals surface area (Å²) in [6.45, 7) is 8.55. The van der Waals surface area contributed by atoms with Crippen LogP contribution in [0.3, 0.4) is 0 Å². The predicted molar refractivity (Wildman–Crippen MR) is 137 cm³/mol. The molecule has 1 atom stereocenters. The fourth-order valence-corrected chi connectivity index (χ4v) is 4.58. The average molecular weight is 485 g/mol. The molecule has 2 aromatic carbocycles. The minimum atomic E-state index is -0.786. The Morgan fingerprint density at radius 3 is 2.56 bits per heavy atom. The maximum absolute atomic E-state index is 13.9. The molecule has 6 rings (SSSR count). The van der Waals surface area contributed by atoms with E-state index in [2.05, 4.69) is 10.3 Å². The smallest absolute Gasteiger partial charge is 0.485 e. The minimum absolute atomic E-state index is 0.131. The van der Waals surface area contributed by atoms with E-state index in [-0.39, 0.29) is 12.5 Å². The number of pyridine rings is 1. The van der Waals surface area contributed by atoms with Gasteiger partial charge in [-0.2, -0.15) is 0 Å². The van der Waals surface area contributed by atoms with Gasteiger partial charge in [-0.15, -0.1) is 0 Å². The molecule has 36 heavy (non-hydrogen) atoms. The number of fused-ring (bicyclic) bond motifs is 3. The summed E-state index contributed by atoms with van der Waals surface area (Å²) in [5, 5.41) is 3.40. The molecule has 0 radical (unpaired) electrons. The van der Waals surface area contributed by atoms with E-state index < -0.39 is 24.4 Å². The van der Waals surface area contributed by atoms with E-state index in [4.69, 9.17) is 18.8 Å². The Morgan fingerprint density at radius 1 is 1.03 bits per heavy atom. The van der Waals surface area contributed by atoms with Gasteiger partial charge < -0.3 is 29.0 Å². The van der Waals surface area contributed by atoms with Crippen LogP contribution in [-0.2, 0) is 20.6 Å². The van der Waals surface area contributed by atoms with E-state index in [1.165, 1.54) is 0 Å². The molecule has 184 valence electrons. The van der Waals surface area contributed by atoms with Crippen molar-refractivity contribution in [3.05, 3.63) is 66.4 Å². The largest absolute Gasteiger partial charge is 0.494 e. The zero-order valence-corrected chi connectivity index (χ0v) is 20.8. The number of benzene rings is 2. The normalized spacial score (nSPS) is 21.2. The van der Waals surface area contributed by atoms with Crippen LogP contribution in [0.25, 0.3) is 0 Å². The first kappa shape index (κ1) is 22.9. The van der Waals surface area contributed by atoms with Gasteiger partial charge in [-0.05, 0) is 63.5 Å². The second-order valence-corrected chi connectivity index (χ2v) is 10.3.